The molecule has 1 aliphatic rings. The van der Waals surface area contributed by atoms with Crippen LogP contribution in [-0.4, -0.2) is 47.0 Å². The number of aliphatic imine (C=N–C) groups is 1. The number of rotatable bonds is 2. The number of amides is 1. The average Bonchev–Trinajstić information content (AvgIpc) is 2.41. The molecule has 0 saturated carbocycles. The molecule has 20 heavy (non-hydrogen) atoms. The van der Waals surface area contributed by atoms with E-state index in [1.165, 1.54) is 0 Å². The van der Waals surface area contributed by atoms with E-state index >= 15 is 0 Å². The van der Waals surface area contributed by atoms with Crippen molar-refractivity contribution in [2.24, 2.45) is 16.5 Å². The second kappa shape index (κ2) is 5.47. The van der Waals surface area contributed by atoms with Crippen molar-refractivity contribution in [1.29, 1.82) is 0 Å². The summed E-state index contributed by atoms with van der Waals surface area (Å²) in [5, 5.41) is 0. The molecule has 0 aliphatic carbocycles. The maximum absolute atomic E-state index is 12.4. The fraction of sp³-hybridized carbons (Fsp3) is 0.846. The van der Waals surface area contributed by atoms with Gasteiger partial charge in [0.2, 0.25) is 0 Å². The van der Waals surface area contributed by atoms with Crippen molar-refractivity contribution in [3.05, 3.63) is 0 Å². The van der Waals surface area contributed by atoms with Crippen LogP contribution in [0.4, 0.5) is 4.79 Å². The number of nitrogens with two attached hydrogens (primary N) is 2. The topological polar surface area (TPSA) is 103 Å². The third-order valence-corrected chi connectivity index (χ3v) is 2.98. The number of hydrogen-bond acceptors (Lipinski definition) is 4. The van der Waals surface area contributed by atoms with Gasteiger partial charge in [-0.15, -0.1) is 0 Å². The summed E-state index contributed by atoms with van der Waals surface area (Å²) < 4.78 is 11.3. The van der Waals surface area contributed by atoms with Gasteiger partial charge in [-0.05, 0) is 41.5 Å². The van der Waals surface area contributed by atoms with E-state index in [9.17, 15) is 4.79 Å². The summed E-state index contributed by atoms with van der Waals surface area (Å²) in [6.07, 6.45) is -0.608. The predicted octanol–water partition coefficient (Wildman–Crippen LogP) is 1.02. The van der Waals surface area contributed by atoms with Crippen LogP contribution in [-0.2, 0) is 9.47 Å². The van der Waals surface area contributed by atoms with Crippen molar-refractivity contribution in [1.82, 2.24) is 4.90 Å². The first kappa shape index (κ1) is 16.6. The van der Waals surface area contributed by atoms with E-state index in [-0.39, 0.29) is 24.7 Å². The van der Waals surface area contributed by atoms with E-state index in [1.54, 1.807) is 4.90 Å². The molecule has 2 atom stereocenters. The van der Waals surface area contributed by atoms with Gasteiger partial charge in [0.15, 0.2) is 5.96 Å². The summed E-state index contributed by atoms with van der Waals surface area (Å²) in [6, 6.07) is -0.262. The molecule has 1 aliphatic heterocycles. The lowest BCUT2D eigenvalue weighted by Gasteiger charge is -2.34. The summed E-state index contributed by atoms with van der Waals surface area (Å²) in [6.45, 7) is 11.3. The first-order valence-electron chi connectivity index (χ1n) is 6.69. The molecule has 1 heterocycles. The Hall–Kier alpha value is -1.50. The van der Waals surface area contributed by atoms with Gasteiger partial charge in [-0.1, -0.05) is 0 Å². The van der Waals surface area contributed by atoms with Gasteiger partial charge in [0.25, 0.3) is 0 Å². The summed E-state index contributed by atoms with van der Waals surface area (Å²) in [5.41, 5.74) is 9.39. The predicted molar refractivity (Wildman–Crippen MR) is 77.2 cm³/mol. The fourth-order valence-electron chi connectivity index (χ4n) is 2.29. The first-order valence-corrected chi connectivity index (χ1v) is 6.69. The van der Waals surface area contributed by atoms with Crippen LogP contribution < -0.4 is 11.5 Å². The summed E-state index contributed by atoms with van der Waals surface area (Å²) in [5.74, 6) is -0.00829. The molecule has 0 aromatic heterocycles. The second-order valence-electron chi connectivity index (χ2n) is 6.45. The average molecular weight is 286 g/mol. The Morgan fingerprint density at radius 1 is 1.40 bits per heavy atom. The van der Waals surface area contributed by atoms with Gasteiger partial charge in [-0.3, -0.25) is 9.89 Å². The highest BCUT2D eigenvalue weighted by Crippen LogP contribution is 2.33. The second-order valence-corrected chi connectivity index (χ2v) is 6.45. The van der Waals surface area contributed by atoms with Crippen molar-refractivity contribution in [2.45, 2.75) is 65.0 Å². The number of carbonyl (C=O) groups excluding carboxylic acids is 1. The zero-order valence-corrected chi connectivity index (χ0v) is 13.1. The van der Waals surface area contributed by atoms with Crippen LogP contribution in [0.2, 0.25) is 0 Å². The molecule has 1 fully saturated rings. The molecule has 7 nitrogen and oxygen atoms in total. The molecule has 116 valence electrons. The van der Waals surface area contributed by atoms with Gasteiger partial charge in [0, 0.05) is 0 Å². The quantitative estimate of drug-likeness (QED) is 0.582. The maximum atomic E-state index is 12.4. The van der Waals surface area contributed by atoms with Crippen molar-refractivity contribution in [2.75, 3.05) is 6.54 Å². The molecule has 7 heteroatoms. The molecule has 2 unspecified atom stereocenters. The van der Waals surface area contributed by atoms with Gasteiger partial charge in [-0.2, -0.15) is 0 Å². The highest BCUT2D eigenvalue weighted by atomic mass is 16.6. The van der Waals surface area contributed by atoms with Crippen molar-refractivity contribution in [3.63, 3.8) is 0 Å². The lowest BCUT2D eigenvalue weighted by Crippen LogP contribution is -2.51. The van der Waals surface area contributed by atoms with Gasteiger partial charge < -0.3 is 20.9 Å². The molecule has 0 aromatic carbocycles. The Bertz CT molecular complexity index is 397. The van der Waals surface area contributed by atoms with Crippen LogP contribution >= 0.6 is 0 Å². The van der Waals surface area contributed by atoms with Crippen molar-refractivity contribution >= 4 is 12.1 Å². The zero-order valence-electron chi connectivity index (χ0n) is 13.1. The minimum atomic E-state index is -0.759. The molecular formula is C13H26N4O3. The van der Waals surface area contributed by atoms with Crippen LogP contribution in [0.15, 0.2) is 4.99 Å². The van der Waals surface area contributed by atoms with E-state index in [0.717, 1.165) is 0 Å². The molecule has 1 rings (SSSR count). The number of ether oxygens (including phenoxy) is 2. The molecule has 1 amide bonds. The molecular weight excluding hydrogens is 260 g/mol. The smallest absolute Gasteiger partial charge is 0.412 e. The van der Waals surface area contributed by atoms with Crippen LogP contribution in [0, 0.1) is 0 Å². The van der Waals surface area contributed by atoms with Crippen LogP contribution in [0.5, 0.6) is 0 Å². The minimum Gasteiger partial charge on any atom is -0.444 e. The Morgan fingerprint density at radius 3 is 2.40 bits per heavy atom. The van der Waals surface area contributed by atoms with Gasteiger partial charge >= 0.3 is 6.09 Å². The Morgan fingerprint density at radius 2 is 1.95 bits per heavy atom. The SMILES string of the molecule is CC1OC(C)(C)N(C(=O)OC(C)(C)C)C1CN=C(N)N. The van der Waals surface area contributed by atoms with E-state index in [2.05, 4.69) is 4.99 Å². The maximum Gasteiger partial charge on any atom is 0.412 e. The molecule has 1 saturated heterocycles. The van der Waals surface area contributed by atoms with Crippen molar-refractivity contribution < 1.29 is 14.3 Å². The third kappa shape index (κ3) is 4.00. The Balaban J connectivity index is 2.96. The third-order valence-electron chi connectivity index (χ3n) is 2.98. The summed E-state index contributed by atoms with van der Waals surface area (Å²) >= 11 is 0. The highest BCUT2D eigenvalue weighted by molar-refractivity contribution is 5.75. The van der Waals surface area contributed by atoms with Crippen LogP contribution in [0.3, 0.4) is 0 Å². The lowest BCUT2D eigenvalue weighted by atomic mass is 10.1. The summed E-state index contributed by atoms with van der Waals surface area (Å²) in [4.78, 5) is 17.9. The zero-order chi connectivity index (χ0) is 15.7. The van der Waals surface area contributed by atoms with Crippen LogP contribution in [0.25, 0.3) is 0 Å². The van der Waals surface area contributed by atoms with Gasteiger partial charge in [-0.25, -0.2) is 4.79 Å². The minimum absolute atomic E-state index is 0.00829. The van der Waals surface area contributed by atoms with Crippen molar-refractivity contribution in [3.8, 4) is 0 Å². The van der Waals surface area contributed by atoms with Gasteiger partial charge in [0.1, 0.15) is 11.3 Å². The molecule has 0 radical (unpaired) electrons. The fourth-order valence-corrected chi connectivity index (χ4v) is 2.29. The molecule has 0 bridgehead atoms. The number of carbonyl (C=O) groups is 1. The van der Waals surface area contributed by atoms with E-state index in [1.807, 2.05) is 41.5 Å². The normalized spacial score (nSPS) is 25.4. The standard InChI is InChI=1S/C13H26N4O3/c1-8-9(7-16-10(14)15)17(13(5,6)19-8)11(18)20-12(2,3)4/h8-9H,7H2,1-6H3,(H4,14,15,16). The molecule has 4 N–H and O–H groups in total. The van der Waals surface area contributed by atoms with Crippen LogP contribution in [0.1, 0.15) is 41.5 Å². The summed E-state index contributed by atoms with van der Waals surface area (Å²) in [7, 11) is 0. The first-order chi connectivity index (χ1) is 8.94. The lowest BCUT2D eigenvalue weighted by molar-refractivity contribution is -0.0755. The van der Waals surface area contributed by atoms with Gasteiger partial charge in [0.05, 0.1) is 18.7 Å². The van der Waals surface area contributed by atoms with E-state index < -0.39 is 17.4 Å². The largest absolute Gasteiger partial charge is 0.444 e. The van der Waals surface area contributed by atoms with E-state index in [0.29, 0.717) is 0 Å². The Labute approximate surface area is 120 Å². The molecule has 0 aromatic rings. The number of nitrogens with zero attached hydrogens (tertiary/aromatic N) is 2. The number of guanidine groups is 1. The number of hydrogen-bond donors (Lipinski definition) is 2. The highest BCUT2D eigenvalue weighted by Gasteiger charge is 2.49. The monoisotopic (exact) mass is 286 g/mol. The Kier molecular flexibility index (Phi) is 4.53. The van der Waals surface area contributed by atoms with E-state index in [4.69, 9.17) is 20.9 Å². The molecule has 0 spiro atoms.